The quantitative estimate of drug-likeness (QED) is 0.757. The fourth-order valence-electron chi connectivity index (χ4n) is 2.19. The molecule has 1 aromatic rings. The molecule has 0 aliphatic heterocycles. The molecule has 120 valence electrons. The first-order valence-corrected chi connectivity index (χ1v) is 8.60. The number of rotatable bonds is 8. The predicted octanol–water partition coefficient (Wildman–Crippen LogP) is 1.23. The lowest BCUT2D eigenvalue weighted by atomic mass is 10.1. The van der Waals surface area contributed by atoms with E-state index in [1.54, 1.807) is 19.1 Å². The number of nitrogens with one attached hydrogen (secondary N) is 1. The van der Waals surface area contributed by atoms with Crippen LogP contribution in [0, 0.1) is 0 Å². The highest BCUT2D eigenvalue weighted by molar-refractivity contribution is 7.89. The maximum Gasteiger partial charge on any atom is 0.240 e. The SMILES string of the molecule is CCCc1ccc(S(=O)(=O)NCC(C)(O)CN(C)C)cc1. The highest BCUT2D eigenvalue weighted by atomic mass is 32.2. The molecule has 0 amide bonds. The topological polar surface area (TPSA) is 69.6 Å². The molecule has 0 saturated carbocycles. The molecule has 5 nitrogen and oxygen atoms in total. The Bertz CT molecular complexity index is 537. The molecule has 1 atom stereocenters. The minimum Gasteiger partial charge on any atom is -0.387 e. The van der Waals surface area contributed by atoms with Gasteiger partial charge >= 0.3 is 0 Å². The third-order valence-electron chi connectivity index (χ3n) is 3.07. The van der Waals surface area contributed by atoms with E-state index in [0.717, 1.165) is 18.4 Å². The summed E-state index contributed by atoms with van der Waals surface area (Å²) in [6.07, 6.45) is 1.96. The Kier molecular flexibility index (Phi) is 6.34. The van der Waals surface area contributed by atoms with Gasteiger partial charge in [-0.25, -0.2) is 13.1 Å². The molecule has 0 aromatic heterocycles. The Labute approximate surface area is 128 Å². The van der Waals surface area contributed by atoms with E-state index in [-0.39, 0.29) is 11.4 Å². The zero-order chi connectivity index (χ0) is 16.1. The van der Waals surface area contributed by atoms with Gasteiger partial charge < -0.3 is 10.0 Å². The average Bonchev–Trinajstić information content (AvgIpc) is 2.36. The van der Waals surface area contributed by atoms with E-state index in [4.69, 9.17) is 0 Å². The number of likely N-dealkylation sites (N-methyl/N-ethyl adjacent to an activating group) is 1. The summed E-state index contributed by atoms with van der Waals surface area (Å²) in [7, 11) is 0.0681. The first-order valence-electron chi connectivity index (χ1n) is 7.12. The largest absolute Gasteiger partial charge is 0.387 e. The first kappa shape index (κ1) is 18.1. The van der Waals surface area contributed by atoms with Gasteiger partial charge in [-0.1, -0.05) is 25.5 Å². The fourth-order valence-corrected chi connectivity index (χ4v) is 3.36. The van der Waals surface area contributed by atoms with E-state index in [9.17, 15) is 13.5 Å². The third-order valence-corrected chi connectivity index (χ3v) is 4.49. The van der Waals surface area contributed by atoms with E-state index >= 15 is 0 Å². The third kappa shape index (κ3) is 6.13. The van der Waals surface area contributed by atoms with E-state index in [0.29, 0.717) is 6.54 Å². The number of nitrogens with zero attached hydrogens (tertiary/aromatic N) is 1. The van der Waals surface area contributed by atoms with Gasteiger partial charge in [0.25, 0.3) is 0 Å². The van der Waals surface area contributed by atoms with Crippen LogP contribution in [0.25, 0.3) is 0 Å². The standard InChI is InChI=1S/C15H26N2O3S/c1-5-6-13-7-9-14(10-8-13)21(19,20)16-11-15(2,18)12-17(3)4/h7-10,16,18H,5-6,11-12H2,1-4H3. The number of aliphatic hydroxyl groups is 1. The molecule has 2 N–H and O–H groups in total. The maximum atomic E-state index is 12.2. The summed E-state index contributed by atoms with van der Waals surface area (Å²) in [4.78, 5) is 2.04. The Morgan fingerprint density at radius 1 is 1.24 bits per heavy atom. The van der Waals surface area contributed by atoms with Gasteiger partial charge in [0, 0.05) is 13.1 Å². The predicted molar refractivity (Wildman–Crippen MR) is 84.8 cm³/mol. The summed E-state index contributed by atoms with van der Waals surface area (Å²) in [5, 5.41) is 10.1. The van der Waals surface area contributed by atoms with Gasteiger partial charge in [-0.15, -0.1) is 0 Å². The van der Waals surface area contributed by atoms with E-state index < -0.39 is 15.6 Å². The molecule has 0 saturated heterocycles. The molecular formula is C15H26N2O3S. The summed E-state index contributed by atoms with van der Waals surface area (Å²) < 4.78 is 26.9. The van der Waals surface area contributed by atoms with Gasteiger partial charge in [-0.3, -0.25) is 0 Å². The molecule has 1 rings (SSSR count). The Hall–Kier alpha value is -0.950. The van der Waals surface area contributed by atoms with Gasteiger partial charge in [0.05, 0.1) is 10.5 Å². The lowest BCUT2D eigenvalue weighted by molar-refractivity contribution is 0.0386. The van der Waals surface area contributed by atoms with Crippen LogP contribution in [0.1, 0.15) is 25.8 Å². The van der Waals surface area contributed by atoms with Crippen LogP contribution in [0.3, 0.4) is 0 Å². The number of sulfonamides is 1. The Morgan fingerprint density at radius 2 is 1.81 bits per heavy atom. The first-order chi connectivity index (χ1) is 9.66. The van der Waals surface area contributed by atoms with Crippen molar-refractivity contribution in [3.8, 4) is 0 Å². The smallest absolute Gasteiger partial charge is 0.240 e. The molecule has 0 spiro atoms. The van der Waals surface area contributed by atoms with Gasteiger partial charge in [0.2, 0.25) is 10.0 Å². The summed E-state index contributed by atoms with van der Waals surface area (Å²) in [6, 6.07) is 6.87. The van der Waals surface area contributed by atoms with Crippen LogP contribution in [0.2, 0.25) is 0 Å². The van der Waals surface area contributed by atoms with Crippen molar-refractivity contribution in [2.75, 3.05) is 27.2 Å². The van der Waals surface area contributed by atoms with Crippen molar-refractivity contribution in [2.45, 2.75) is 37.2 Å². The van der Waals surface area contributed by atoms with Crippen LogP contribution in [-0.4, -0.2) is 51.2 Å². The van der Waals surface area contributed by atoms with Crippen LogP contribution in [-0.2, 0) is 16.4 Å². The maximum absolute atomic E-state index is 12.2. The van der Waals surface area contributed by atoms with Crippen LogP contribution < -0.4 is 4.72 Å². The van der Waals surface area contributed by atoms with Crippen molar-refractivity contribution in [3.63, 3.8) is 0 Å². The van der Waals surface area contributed by atoms with Crippen molar-refractivity contribution in [3.05, 3.63) is 29.8 Å². The normalized spacial score (nSPS) is 15.1. The van der Waals surface area contributed by atoms with Crippen molar-refractivity contribution in [1.29, 1.82) is 0 Å². The van der Waals surface area contributed by atoms with E-state index in [1.165, 1.54) is 0 Å². The highest BCUT2D eigenvalue weighted by Crippen LogP contribution is 2.13. The van der Waals surface area contributed by atoms with Crippen molar-refractivity contribution in [2.24, 2.45) is 0 Å². The zero-order valence-corrected chi connectivity index (χ0v) is 14.1. The van der Waals surface area contributed by atoms with Gasteiger partial charge in [0.15, 0.2) is 0 Å². The lowest BCUT2D eigenvalue weighted by Crippen LogP contribution is -2.47. The second-order valence-corrected chi connectivity index (χ2v) is 7.72. The molecule has 0 radical (unpaired) electrons. The summed E-state index contributed by atoms with van der Waals surface area (Å²) in [5.74, 6) is 0. The monoisotopic (exact) mass is 314 g/mol. The summed E-state index contributed by atoms with van der Waals surface area (Å²) in [5.41, 5.74) is 0.00897. The molecular weight excluding hydrogens is 288 g/mol. The number of benzene rings is 1. The number of aryl methyl sites for hydroxylation is 1. The number of hydrogen-bond donors (Lipinski definition) is 2. The van der Waals surface area contributed by atoms with Crippen molar-refractivity contribution >= 4 is 10.0 Å². The zero-order valence-electron chi connectivity index (χ0n) is 13.3. The van der Waals surface area contributed by atoms with Crippen LogP contribution in [0.5, 0.6) is 0 Å². The van der Waals surface area contributed by atoms with Crippen LogP contribution in [0.15, 0.2) is 29.2 Å². The van der Waals surface area contributed by atoms with E-state index in [2.05, 4.69) is 11.6 Å². The molecule has 0 aliphatic carbocycles. The second kappa shape index (κ2) is 7.35. The van der Waals surface area contributed by atoms with Crippen LogP contribution >= 0.6 is 0 Å². The average molecular weight is 314 g/mol. The molecule has 21 heavy (non-hydrogen) atoms. The highest BCUT2D eigenvalue weighted by Gasteiger charge is 2.24. The Balaban J connectivity index is 2.73. The van der Waals surface area contributed by atoms with Crippen molar-refractivity contribution < 1.29 is 13.5 Å². The van der Waals surface area contributed by atoms with Gasteiger partial charge in [-0.05, 0) is 45.1 Å². The van der Waals surface area contributed by atoms with Crippen molar-refractivity contribution in [1.82, 2.24) is 9.62 Å². The molecule has 0 heterocycles. The molecule has 1 unspecified atom stereocenters. The molecule has 0 bridgehead atoms. The molecule has 6 heteroatoms. The second-order valence-electron chi connectivity index (χ2n) is 5.95. The molecule has 1 aromatic carbocycles. The minimum atomic E-state index is -3.59. The van der Waals surface area contributed by atoms with Gasteiger partial charge in [0.1, 0.15) is 0 Å². The van der Waals surface area contributed by atoms with Crippen LogP contribution in [0.4, 0.5) is 0 Å². The number of hydrogen-bond acceptors (Lipinski definition) is 4. The van der Waals surface area contributed by atoms with Gasteiger partial charge in [-0.2, -0.15) is 0 Å². The fraction of sp³-hybridized carbons (Fsp3) is 0.600. The lowest BCUT2D eigenvalue weighted by Gasteiger charge is -2.27. The summed E-state index contributed by atoms with van der Waals surface area (Å²) in [6.45, 7) is 4.05. The van der Waals surface area contributed by atoms with E-state index in [1.807, 2.05) is 31.1 Å². The molecule has 0 fully saturated rings. The molecule has 0 aliphatic rings. The summed E-state index contributed by atoms with van der Waals surface area (Å²) >= 11 is 0. The Morgan fingerprint density at radius 3 is 2.29 bits per heavy atom. The minimum absolute atomic E-state index is 0.0236.